The summed E-state index contributed by atoms with van der Waals surface area (Å²) >= 11 is 2.00. The fourth-order valence-electron chi connectivity index (χ4n) is 5.46. The van der Waals surface area contributed by atoms with Crippen LogP contribution in [-0.2, 0) is 14.4 Å². The summed E-state index contributed by atoms with van der Waals surface area (Å²) in [6, 6.07) is 11.4. The zero-order chi connectivity index (χ0) is 31.6. The first kappa shape index (κ1) is 31.3. The van der Waals surface area contributed by atoms with Crippen LogP contribution in [0.25, 0.3) is 0 Å². The molecular formula is C30H26F3IN6O4. The zero-order valence-electron chi connectivity index (χ0n) is 23.0. The van der Waals surface area contributed by atoms with Crippen LogP contribution < -0.4 is 15.1 Å². The molecule has 44 heavy (non-hydrogen) atoms. The summed E-state index contributed by atoms with van der Waals surface area (Å²) < 4.78 is 43.0. The average Bonchev–Trinajstić information content (AvgIpc) is 3.30. The van der Waals surface area contributed by atoms with E-state index in [2.05, 4.69) is 15.3 Å². The number of anilines is 2. The normalized spacial score (nSPS) is 20.5. The first-order valence-electron chi connectivity index (χ1n) is 13.7. The molecule has 2 aromatic carbocycles. The first-order valence-corrected chi connectivity index (χ1v) is 14.8. The summed E-state index contributed by atoms with van der Waals surface area (Å²) in [4.78, 5) is 51.8. The zero-order valence-corrected chi connectivity index (χ0v) is 25.2. The van der Waals surface area contributed by atoms with Gasteiger partial charge in [0.15, 0.2) is 0 Å². The van der Waals surface area contributed by atoms with Gasteiger partial charge in [0, 0.05) is 40.8 Å². The lowest BCUT2D eigenvalue weighted by atomic mass is 9.91. The number of alkyl halides is 2. The number of benzene rings is 2. The second kappa shape index (κ2) is 12.9. The van der Waals surface area contributed by atoms with E-state index in [0.717, 1.165) is 21.9 Å². The summed E-state index contributed by atoms with van der Waals surface area (Å²) in [7, 11) is 0. The monoisotopic (exact) mass is 718 g/mol. The molecule has 3 amide bonds. The van der Waals surface area contributed by atoms with Gasteiger partial charge in [0.2, 0.25) is 17.8 Å². The maximum absolute atomic E-state index is 14.6. The van der Waals surface area contributed by atoms with Gasteiger partial charge >= 0.3 is 0 Å². The van der Waals surface area contributed by atoms with Crippen LogP contribution in [0.2, 0.25) is 0 Å². The number of nitriles is 1. The van der Waals surface area contributed by atoms with Gasteiger partial charge in [0.05, 0.1) is 0 Å². The minimum atomic E-state index is -2.83. The standard InChI is InChI=1S/C30H26F3IN6O4/c31-17-4-3-5-20(14-17)39(27(43)23-15-24(41)28(44)40(23)29-36-13-10-19(16-35)38-29)25(21-6-1-2-7-22(21)34)26(42)37-18-8-11-30(32,33)12-9-18/h1-7,10,13-14,18,23-25,41H,8-9,11-12,15H2,(H,37,42)/t23-,24+,25-/m0/s1. The van der Waals surface area contributed by atoms with Crippen molar-refractivity contribution >= 4 is 51.9 Å². The molecule has 228 valence electrons. The van der Waals surface area contributed by atoms with Crippen molar-refractivity contribution in [2.24, 2.45) is 0 Å². The third kappa shape index (κ3) is 6.53. The number of rotatable bonds is 7. The Morgan fingerprint density at radius 2 is 1.89 bits per heavy atom. The van der Waals surface area contributed by atoms with Gasteiger partial charge in [-0.2, -0.15) is 5.26 Å². The Morgan fingerprint density at radius 1 is 1.16 bits per heavy atom. The van der Waals surface area contributed by atoms with Gasteiger partial charge in [0.1, 0.15) is 35.8 Å². The Labute approximate surface area is 264 Å². The lowest BCUT2D eigenvalue weighted by Gasteiger charge is -2.36. The summed E-state index contributed by atoms with van der Waals surface area (Å²) in [6.07, 6.45) is -1.57. The van der Waals surface area contributed by atoms with Gasteiger partial charge in [-0.25, -0.2) is 23.1 Å². The summed E-state index contributed by atoms with van der Waals surface area (Å²) in [6.45, 7) is 0. The first-order chi connectivity index (χ1) is 21.0. The van der Waals surface area contributed by atoms with E-state index in [9.17, 15) is 37.9 Å². The maximum Gasteiger partial charge on any atom is 0.259 e. The smallest absolute Gasteiger partial charge is 0.259 e. The summed E-state index contributed by atoms with van der Waals surface area (Å²) in [5.41, 5.74) is 0.250. The number of hydrogen-bond acceptors (Lipinski definition) is 7. The molecule has 10 nitrogen and oxygen atoms in total. The van der Waals surface area contributed by atoms with Crippen molar-refractivity contribution < 1.29 is 32.7 Å². The van der Waals surface area contributed by atoms with Crippen molar-refractivity contribution in [2.45, 2.75) is 62.3 Å². The van der Waals surface area contributed by atoms with Crippen molar-refractivity contribution in [3.63, 3.8) is 0 Å². The third-order valence-electron chi connectivity index (χ3n) is 7.63. The largest absolute Gasteiger partial charge is 0.383 e. The van der Waals surface area contributed by atoms with Crippen LogP contribution in [-0.4, -0.2) is 56.9 Å². The predicted molar refractivity (Wildman–Crippen MR) is 160 cm³/mol. The van der Waals surface area contributed by atoms with Crippen molar-refractivity contribution in [3.8, 4) is 6.07 Å². The van der Waals surface area contributed by atoms with E-state index in [0.29, 0.717) is 9.13 Å². The Balaban J connectivity index is 1.61. The molecule has 1 saturated heterocycles. The van der Waals surface area contributed by atoms with Crippen LogP contribution in [0.15, 0.2) is 60.8 Å². The molecule has 0 spiro atoms. The second-order valence-corrected chi connectivity index (χ2v) is 11.7. The van der Waals surface area contributed by atoms with E-state index in [1.165, 1.54) is 24.4 Å². The molecule has 1 saturated carbocycles. The van der Waals surface area contributed by atoms with Crippen LogP contribution in [0.3, 0.4) is 0 Å². The van der Waals surface area contributed by atoms with Gasteiger partial charge in [0.25, 0.3) is 11.8 Å². The molecule has 2 heterocycles. The van der Waals surface area contributed by atoms with E-state index in [1.54, 1.807) is 24.3 Å². The molecule has 2 fully saturated rings. The van der Waals surface area contributed by atoms with Gasteiger partial charge < -0.3 is 10.4 Å². The van der Waals surface area contributed by atoms with Crippen molar-refractivity contribution in [1.82, 2.24) is 15.3 Å². The molecule has 0 radical (unpaired) electrons. The number of halogens is 4. The Hall–Kier alpha value is -4.10. The Kier molecular flexibility index (Phi) is 9.16. The third-order valence-corrected chi connectivity index (χ3v) is 8.61. The summed E-state index contributed by atoms with van der Waals surface area (Å²) in [5.74, 6) is -6.29. The average molecular weight is 718 g/mol. The lowest BCUT2D eigenvalue weighted by Crippen LogP contribution is -2.53. The SMILES string of the molecule is N#Cc1ccnc(N2C(=O)[C@H](O)C[C@H]2C(=O)N(c2cccc(F)c2)[C@H](C(=O)NC2CCC(F)(F)CC2)c2ccccc2I)n1. The Morgan fingerprint density at radius 3 is 2.57 bits per heavy atom. The predicted octanol–water partition coefficient (Wildman–Crippen LogP) is 4.03. The number of aromatic nitrogens is 2. The van der Waals surface area contributed by atoms with Crippen LogP contribution in [0.4, 0.5) is 24.8 Å². The highest BCUT2D eigenvalue weighted by atomic mass is 127. The lowest BCUT2D eigenvalue weighted by molar-refractivity contribution is -0.128. The van der Waals surface area contributed by atoms with E-state index in [4.69, 9.17) is 0 Å². The van der Waals surface area contributed by atoms with Crippen molar-refractivity contribution in [1.29, 1.82) is 5.26 Å². The van der Waals surface area contributed by atoms with Gasteiger partial charge in [-0.05, 0) is 71.3 Å². The quantitative estimate of drug-likeness (QED) is 0.352. The molecular weight excluding hydrogens is 692 g/mol. The minimum absolute atomic E-state index is 0.0227. The molecule has 0 unspecified atom stereocenters. The molecule has 3 aromatic rings. The van der Waals surface area contributed by atoms with Gasteiger partial charge in [-0.15, -0.1) is 0 Å². The Bertz CT molecular complexity index is 1630. The molecule has 5 rings (SSSR count). The topological polar surface area (TPSA) is 140 Å². The van der Waals surface area contributed by atoms with Gasteiger partial charge in [-0.3, -0.25) is 24.2 Å². The van der Waals surface area contributed by atoms with Crippen LogP contribution in [0.5, 0.6) is 0 Å². The molecule has 1 aromatic heterocycles. The number of aliphatic hydroxyl groups excluding tert-OH is 1. The molecule has 0 bridgehead atoms. The number of aliphatic hydroxyl groups is 1. The minimum Gasteiger partial charge on any atom is -0.383 e. The van der Waals surface area contributed by atoms with Crippen LogP contribution in [0, 0.1) is 20.7 Å². The maximum atomic E-state index is 14.6. The number of amides is 3. The molecule has 3 atom stereocenters. The second-order valence-electron chi connectivity index (χ2n) is 10.6. The van der Waals surface area contributed by atoms with E-state index in [-0.39, 0.29) is 30.2 Å². The number of hydrogen-bond donors (Lipinski definition) is 2. The fourth-order valence-corrected chi connectivity index (χ4v) is 6.14. The van der Waals surface area contributed by atoms with Gasteiger partial charge in [-0.1, -0.05) is 24.3 Å². The number of nitrogens with one attached hydrogen (secondary N) is 1. The highest BCUT2D eigenvalue weighted by Crippen LogP contribution is 2.37. The van der Waals surface area contributed by atoms with Crippen molar-refractivity contribution in [3.05, 3.63) is 81.4 Å². The molecule has 14 heteroatoms. The molecule has 2 N–H and O–H groups in total. The fraction of sp³-hybridized carbons (Fsp3) is 0.333. The van der Waals surface area contributed by atoms with Crippen molar-refractivity contribution in [2.75, 3.05) is 9.80 Å². The van der Waals surface area contributed by atoms with E-state index in [1.807, 2.05) is 28.7 Å². The molecule has 1 aliphatic carbocycles. The number of nitrogens with zero attached hydrogens (tertiary/aromatic N) is 5. The summed E-state index contributed by atoms with van der Waals surface area (Å²) in [5, 5.41) is 22.7. The molecule has 2 aliphatic rings. The van der Waals surface area contributed by atoms with E-state index < -0.39 is 73.0 Å². The van der Waals surface area contributed by atoms with Crippen LogP contribution in [0.1, 0.15) is 49.4 Å². The highest BCUT2D eigenvalue weighted by Gasteiger charge is 2.49. The number of carbonyl (C=O) groups is 3. The van der Waals surface area contributed by atoms with E-state index >= 15 is 0 Å². The van der Waals surface area contributed by atoms with Crippen LogP contribution >= 0.6 is 22.6 Å². The number of carbonyl (C=O) groups excluding carboxylic acids is 3. The molecule has 1 aliphatic heterocycles. The highest BCUT2D eigenvalue weighted by molar-refractivity contribution is 14.1.